The number of nitrogens with one attached hydrogen (secondary N) is 1. The van der Waals surface area contributed by atoms with E-state index >= 15 is 0 Å². The zero-order chi connectivity index (χ0) is 20.3. The maximum Gasteiger partial charge on any atom is 0.251 e. The van der Waals surface area contributed by atoms with E-state index in [2.05, 4.69) is 17.4 Å². The summed E-state index contributed by atoms with van der Waals surface area (Å²) in [5.41, 5.74) is 3.54. The molecule has 1 aliphatic rings. The van der Waals surface area contributed by atoms with E-state index in [4.69, 9.17) is 0 Å². The summed E-state index contributed by atoms with van der Waals surface area (Å²) < 4.78 is 25.3. The third-order valence-corrected chi connectivity index (χ3v) is 7.03. The molecule has 1 N–H and O–H groups in total. The van der Waals surface area contributed by atoms with Gasteiger partial charge in [0.05, 0.1) is 16.7 Å². The molecule has 0 radical (unpaired) electrons. The van der Waals surface area contributed by atoms with Gasteiger partial charge in [0.25, 0.3) is 5.91 Å². The number of fused-ring (bicyclic) bond motifs is 1. The van der Waals surface area contributed by atoms with Crippen LogP contribution < -0.4 is 5.32 Å². The number of hydrogen-bond acceptors (Lipinski definition) is 3. The highest BCUT2D eigenvalue weighted by Crippen LogP contribution is 2.29. The minimum atomic E-state index is -3.45. The molecule has 0 saturated heterocycles. The first-order valence-electron chi connectivity index (χ1n) is 9.78. The van der Waals surface area contributed by atoms with Crippen molar-refractivity contribution in [2.24, 2.45) is 0 Å². The Bertz CT molecular complexity index is 1120. The molecular formula is C24H23NO3S. The fourth-order valence-corrected chi connectivity index (χ4v) is 5.24. The molecule has 1 amide bonds. The van der Waals surface area contributed by atoms with E-state index in [9.17, 15) is 13.2 Å². The maximum atomic E-state index is 12.8. The number of carbonyl (C=O) groups is 1. The SMILES string of the molecule is O=C(N[C@H]1CCCc2ccccc21)c1cccc(CS(=O)(=O)c2ccccc2)c1. The standard InChI is InChI=1S/C24H23NO3S/c26-24(25-23-15-7-10-19-9-4-5-14-22(19)23)20-11-6-8-18(16-20)17-29(27,28)21-12-2-1-3-13-21/h1-6,8-9,11-14,16,23H,7,10,15,17H2,(H,25,26)/t23-/m0/s1. The maximum absolute atomic E-state index is 12.8. The van der Waals surface area contributed by atoms with Crippen LogP contribution in [0.5, 0.6) is 0 Å². The van der Waals surface area contributed by atoms with Crippen molar-refractivity contribution in [3.8, 4) is 0 Å². The minimum Gasteiger partial charge on any atom is -0.345 e. The molecule has 0 bridgehead atoms. The second-order valence-corrected chi connectivity index (χ2v) is 9.38. The van der Waals surface area contributed by atoms with E-state index in [-0.39, 0.29) is 22.6 Å². The Hall–Kier alpha value is -2.92. The number of rotatable bonds is 5. The highest BCUT2D eigenvalue weighted by atomic mass is 32.2. The number of carbonyl (C=O) groups excluding carboxylic acids is 1. The summed E-state index contributed by atoms with van der Waals surface area (Å²) in [6, 6.07) is 23.5. The van der Waals surface area contributed by atoms with E-state index in [0.717, 1.165) is 19.3 Å². The number of aryl methyl sites for hydroxylation is 1. The van der Waals surface area contributed by atoms with Gasteiger partial charge in [-0.25, -0.2) is 8.42 Å². The van der Waals surface area contributed by atoms with Crippen molar-refractivity contribution < 1.29 is 13.2 Å². The number of benzene rings is 3. The van der Waals surface area contributed by atoms with Crippen LogP contribution in [0.2, 0.25) is 0 Å². The lowest BCUT2D eigenvalue weighted by Crippen LogP contribution is -2.31. The first-order valence-corrected chi connectivity index (χ1v) is 11.4. The highest BCUT2D eigenvalue weighted by Gasteiger charge is 2.22. The molecule has 0 heterocycles. The smallest absolute Gasteiger partial charge is 0.251 e. The van der Waals surface area contributed by atoms with Crippen LogP contribution in [0.3, 0.4) is 0 Å². The molecule has 5 heteroatoms. The average molecular weight is 406 g/mol. The summed E-state index contributed by atoms with van der Waals surface area (Å²) in [7, 11) is -3.45. The van der Waals surface area contributed by atoms with E-state index < -0.39 is 9.84 Å². The molecule has 4 rings (SSSR count). The Morgan fingerprint density at radius 1 is 0.931 bits per heavy atom. The first kappa shape index (κ1) is 19.4. The normalized spacial score (nSPS) is 16.1. The van der Waals surface area contributed by atoms with Crippen LogP contribution in [0.1, 0.15) is 45.9 Å². The molecule has 3 aromatic carbocycles. The highest BCUT2D eigenvalue weighted by molar-refractivity contribution is 7.90. The van der Waals surface area contributed by atoms with Crippen LogP contribution in [0, 0.1) is 0 Å². The van der Waals surface area contributed by atoms with Crippen molar-refractivity contribution >= 4 is 15.7 Å². The summed E-state index contributed by atoms with van der Waals surface area (Å²) in [5, 5.41) is 3.12. The Kier molecular flexibility index (Phi) is 5.49. The van der Waals surface area contributed by atoms with Gasteiger partial charge in [-0.2, -0.15) is 0 Å². The van der Waals surface area contributed by atoms with Crippen LogP contribution in [-0.2, 0) is 22.0 Å². The molecule has 0 saturated carbocycles. The van der Waals surface area contributed by atoms with Gasteiger partial charge < -0.3 is 5.32 Å². The Labute approximate surface area is 171 Å². The van der Waals surface area contributed by atoms with Gasteiger partial charge in [0, 0.05) is 5.56 Å². The topological polar surface area (TPSA) is 63.2 Å². The van der Waals surface area contributed by atoms with Crippen molar-refractivity contribution in [1.82, 2.24) is 5.32 Å². The number of amides is 1. The van der Waals surface area contributed by atoms with Gasteiger partial charge in [0.15, 0.2) is 9.84 Å². The lowest BCUT2D eigenvalue weighted by Gasteiger charge is -2.26. The Morgan fingerprint density at radius 3 is 2.52 bits per heavy atom. The predicted molar refractivity (Wildman–Crippen MR) is 113 cm³/mol. The second-order valence-electron chi connectivity index (χ2n) is 7.39. The van der Waals surface area contributed by atoms with Crippen molar-refractivity contribution in [3.05, 3.63) is 101 Å². The fourth-order valence-electron chi connectivity index (χ4n) is 3.88. The van der Waals surface area contributed by atoms with Crippen LogP contribution in [-0.4, -0.2) is 14.3 Å². The third kappa shape index (κ3) is 4.40. The average Bonchev–Trinajstić information content (AvgIpc) is 2.74. The summed E-state index contributed by atoms with van der Waals surface area (Å²) in [6.45, 7) is 0. The molecule has 3 aromatic rings. The van der Waals surface area contributed by atoms with Gasteiger partial charge in [-0.15, -0.1) is 0 Å². The van der Waals surface area contributed by atoms with Crippen molar-refractivity contribution in [2.75, 3.05) is 0 Å². The molecule has 0 fully saturated rings. The fraction of sp³-hybridized carbons (Fsp3) is 0.208. The van der Waals surface area contributed by atoms with Crippen LogP contribution in [0.4, 0.5) is 0 Å². The Morgan fingerprint density at radius 2 is 1.69 bits per heavy atom. The zero-order valence-corrected chi connectivity index (χ0v) is 16.9. The quantitative estimate of drug-likeness (QED) is 0.681. The summed E-state index contributed by atoms with van der Waals surface area (Å²) in [6.07, 6.45) is 2.98. The van der Waals surface area contributed by atoms with Crippen molar-refractivity contribution in [3.63, 3.8) is 0 Å². The molecule has 0 spiro atoms. The van der Waals surface area contributed by atoms with Gasteiger partial charge in [0.1, 0.15) is 0 Å². The zero-order valence-electron chi connectivity index (χ0n) is 16.0. The first-order chi connectivity index (χ1) is 14.0. The monoisotopic (exact) mass is 405 g/mol. The second kappa shape index (κ2) is 8.21. The lowest BCUT2D eigenvalue weighted by atomic mass is 9.87. The molecule has 0 aliphatic heterocycles. The summed E-state index contributed by atoms with van der Waals surface area (Å²) >= 11 is 0. The van der Waals surface area contributed by atoms with Crippen LogP contribution in [0.15, 0.2) is 83.8 Å². The summed E-state index contributed by atoms with van der Waals surface area (Å²) in [5.74, 6) is -0.310. The predicted octanol–water partition coefficient (Wildman–Crippen LogP) is 4.47. The van der Waals surface area contributed by atoms with Gasteiger partial charge in [-0.3, -0.25) is 4.79 Å². The molecule has 1 aliphatic carbocycles. The van der Waals surface area contributed by atoms with Gasteiger partial charge in [0.2, 0.25) is 0 Å². The summed E-state index contributed by atoms with van der Waals surface area (Å²) in [4.78, 5) is 13.1. The van der Waals surface area contributed by atoms with Gasteiger partial charge in [-0.05, 0) is 60.2 Å². The Balaban J connectivity index is 1.51. The van der Waals surface area contributed by atoms with E-state index in [1.54, 1.807) is 54.6 Å². The van der Waals surface area contributed by atoms with Crippen LogP contribution in [0.25, 0.3) is 0 Å². The number of sulfone groups is 1. The van der Waals surface area contributed by atoms with Gasteiger partial charge in [-0.1, -0.05) is 54.6 Å². The molecule has 0 aromatic heterocycles. The van der Waals surface area contributed by atoms with E-state index in [0.29, 0.717) is 11.1 Å². The largest absolute Gasteiger partial charge is 0.345 e. The lowest BCUT2D eigenvalue weighted by molar-refractivity contribution is 0.0932. The number of hydrogen-bond donors (Lipinski definition) is 1. The van der Waals surface area contributed by atoms with Crippen molar-refractivity contribution in [1.29, 1.82) is 0 Å². The van der Waals surface area contributed by atoms with Crippen molar-refractivity contribution in [2.45, 2.75) is 36.0 Å². The van der Waals surface area contributed by atoms with Crippen LogP contribution >= 0.6 is 0 Å². The minimum absolute atomic E-state index is 0.0100. The van der Waals surface area contributed by atoms with E-state index in [1.165, 1.54) is 11.1 Å². The molecule has 148 valence electrons. The molecule has 0 unspecified atom stereocenters. The molecule has 1 atom stereocenters. The molecular weight excluding hydrogens is 382 g/mol. The third-order valence-electron chi connectivity index (χ3n) is 5.32. The molecule has 4 nitrogen and oxygen atoms in total. The van der Waals surface area contributed by atoms with E-state index in [1.807, 2.05) is 12.1 Å². The van der Waals surface area contributed by atoms with Gasteiger partial charge >= 0.3 is 0 Å². The molecule has 29 heavy (non-hydrogen) atoms.